The van der Waals surface area contributed by atoms with Crippen LogP contribution in [0.2, 0.25) is 0 Å². The summed E-state index contributed by atoms with van der Waals surface area (Å²) >= 11 is 0. The van der Waals surface area contributed by atoms with Gasteiger partial charge in [-0.05, 0) is 25.3 Å². The number of sulfone groups is 1. The Bertz CT molecular complexity index is 886. The lowest BCUT2D eigenvalue weighted by atomic mass is 9.87. The molecule has 0 aromatic heterocycles. The van der Waals surface area contributed by atoms with E-state index in [2.05, 4.69) is 5.32 Å². The van der Waals surface area contributed by atoms with Crippen molar-refractivity contribution in [3.05, 3.63) is 35.9 Å². The van der Waals surface area contributed by atoms with Crippen molar-refractivity contribution in [1.29, 1.82) is 0 Å². The van der Waals surface area contributed by atoms with E-state index in [9.17, 15) is 22.8 Å². The summed E-state index contributed by atoms with van der Waals surface area (Å²) in [6.45, 7) is 3.48. The van der Waals surface area contributed by atoms with Crippen LogP contribution in [0.1, 0.15) is 32.3 Å². The van der Waals surface area contributed by atoms with Crippen LogP contribution in [0.25, 0.3) is 0 Å². The molecule has 2 aliphatic heterocycles. The van der Waals surface area contributed by atoms with Gasteiger partial charge in [-0.15, -0.1) is 0 Å². The Hall–Kier alpha value is -2.42. The van der Waals surface area contributed by atoms with Gasteiger partial charge in [0.2, 0.25) is 5.91 Å². The van der Waals surface area contributed by atoms with Crippen LogP contribution in [-0.4, -0.2) is 66.7 Å². The van der Waals surface area contributed by atoms with Gasteiger partial charge in [-0.3, -0.25) is 14.5 Å². The van der Waals surface area contributed by atoms with Crippen LogP contribution in [0.15, 0.2) is 30.3 Å². The fourth-order valence-corrected chi connectivity index (χ4v) is 5.75. The first-order valence-electron chi connectivity index (χ1n) is 9.43. The lowest BCUT2D eigenvalue weighted by Gasteiger charge is -2.29. The summed E-state index contributed by atoms with van der Waals surface area (Å²) in [5.74, 6) is -0.907. The average Bonchev–Trinajstić information content (AvgIpc) is 3.15. The van der Waals surface area contributed by atoms with Crippen LogP contribution in [0.3, 0.4) is 0 Å². The van der Waals surface area contributed by atoms with Crippen molar-refractivity contribution in [2.24, 2.45) is 0 Å². The molecule has 28 heavy (non-hydrogen) atoms. The van der Waals surface area contributed by atoms with Crippen LogP contribution < -0.4 is 5.32 Å². The Balaban J connectivity index is 1.79. The van der Waals surface area contributed by atoms with Gasteiger partial charge in [0.25, 0.3) is 5.91 Å². The Morgan fingerprint density at radius 1 is 1.25 bits per heavy atom. The highest BCUT2D eigenvalue weighted by Gasteiger charge is 2.52. The molecule has 0 saturated carbocycles. The van der Waals surface area contributed by atoms with Crippen molar-refractivity contribution in [2.45, 2.75) is 38.3 Å². The number of carbonyl (C=O) groups is 3. The molecule has 8 nitrogen and oxygen atoms in total. The normalized spacial score (nSPS) is 26.4. The van der Waals surface area contributed by atoms with E-state index in [1.165, 1.54) is 4.90 Å². The zero-order chi connectivity index (χ0) is 20.5. The second-order valence-corrected chi connectivity index (χ2v) is 9.41. The first-order chi connectivity index (χ1) is 13.2. The third-order valence-corrected chi connectivity index (χ3v) is 7.33. The number of urea groups is 1. The van der Waals surface area contributed by atoms with Crippen LogP contribution in [-0.2, 0) is 25.0 Å². The van der Waals surface area contributed by atoms with Crippen LogP contribution in [0, 0.1) is 0 Å². The Morgan fingerprint density at radius 3 is 2.46 bits per heavy atom. The molecule has 2 fully saturated rings. The summed E-state index contributed by atoms with van der Waals surface area (Å²) in [6.07, 6.45) is 0.732. The van der Waals surface area contributed by atoms with E-state index in [0.717, 1.165) is 4.90 Å². The Kier molecular flexibility index (Phi) is 5.47. The molecule has 0 aliphatic carbocycles. The SMILES string of the molecule is CCN(C(=O)CN1C(=O)N[C@](CC)(c2ccccc2)C1=O)[C@H]1CCS(=O)(=O)C1. The lowest BCUT2D eigenvalue weighted by molar-refractivity contribution is -0.140. The summed E-state index contributed by atoms with van der Waals surface area (Å²) in [7, 11) is -3.15. The molecular formula is C19H25N3O5S. The number of rotatable bonds is 6. The molecule has 0 unspecified atom stereocenters. The van der Waals surface area contributed by atoms with Crippen molar-refractivity contribution in [3.8, 4) is 0 Å². The van der Waals surface area contributed by atoms with Gasteiger partial charge >= 0.3 is 6.03 Å². The molecule has 2 aliphatic rings. The van der Waals surface area contributed by atoms with Crippen LogP contribution in [0.5, 0.6) is 0 Å². The maximum Gasteiger partial charge on any atom is 0.325 e. The highest BCUT2D eigenvalue weighted by molar-refractivity contribution is 7.91. The summed E-state index contributed by atoms with van der Waals surface area (Å²) in [6, 6.07) is 7.93. The van der Waals surface area contributed by atoms with Crippen LogP contribution in [0.4, 0.5) is 4.79 Å². The number of imide groups is 1. The quantitative estimate of drug-likeness (QED) is 0.705. The zero-order valence-corrected chi connectivity index (χ0v) is 16.9. The molecule has 0 radical (unpaired) electrons. The lowest BCUT2D eigenvalue weighted by Crippen LogP contribution is -2.48. The standard InChI is InChI=1S/C19H25N3O5S/c1-3-19(14-8-6-5-7-9-14)17(24)22(18(25)20-19)12-16(23)21(4-2)15-10-11-28(26,27)13-15/h5-9,15H,3-4,10-13H2,1-2H3,(H,20,25)/t15-,19+/m0/s1. The Morgan fingerprint density at radius 2 is 1.93 bits per heavy atom. The molecule has 0 spiro atoms. The maximum absolute atomic E-state index is 13.1. The van der Waals surface area contributed by atoms with Crippen LogP contribution >= 0.6 is 0 Å². The van der Waals surface area contributed by atoms with Gasteiger partial charge in [0.05, 0.1) is 11.5 Å². The molecule has 2 heterocycles. The number of likely N-dealkylation sites (N-methyl/N-ethyl adjacent to an activating group) is 1. The largest absolute Gasteiger partial charge is 0.337 e. The number of carbonyl (C=O) groups excluding carboxylic acids is 3. The van der Waals surface area contributed by atoms with Crippen molar-refractivity contribution >= 4 is 27.7 Å². The third-order valence-electron chi connectivity index (χ3n) is 5.58. The van der Waals surface area contributed by atoms with E-state index in [4.69, 9.17) is 0 Å². The molecule has 152 valence electrons. The predicted octanol–water partition coefficient (Wildman–Crippen LogP) is 0.879. The van der Waals surface area contributed by atoms with Crippen molar-refractivity contribution in [1.82, 2.24) is 15.1 Å². The number of hydrogen-bond acceptors (Lipinski definition) is 5. The van der Waals surface area contributed by atoms with E-state index < -0.39 is 45.8 Å². The van der Waals surface area contributed by atoms with Crippen molar-refractivity contribution in [3.63, 3.8) is 0 Å². The zero-order valence-electron chi connectivity index (χ0n) is 16.1. The fraction of sp³-hybridized carbons (Fsp3) is 0.526. The molecular weight excluding hydrogens is 382 g/mol. The van der Waals surface area contributed by atoms with Gasteiger partial charge in [0, 0.05) is 12.6 Å². The topological polar surface area (TPSA) is 104 Å². The van der Waals surface area contributed by atoms with E-state index in [0.29, 0.717) is 24.9 Å². The van der Waals surface area contributed by atoms with Gasteiger partial charge in [0.15, 0.2) is 9.84 Å². The molecule has 2 atom stereocenters. The first kappa shape index (κ1) is 20.3. The average molecular weight is 407 g/mol. The highest BCUT2D eigenvalue weighted by atomic mass is 32.2. The van der Waals surface area contributed by atoms with Gasteiger partial charge in [-0.25, -0.2) is 13.2 Å². The maximum atomic E-state index is 13.1. The molecule has 1 aromatic rings. The number of hydrogen-bond donors (Lipinski definition) is 1. The summed E-state index contributed by atoms with van der Waals surface area (Å²) < 4.78 is 23.5. The van der Waals surface area contributed by atoms with Gasteiger partial charge in [-0.1, -0.05) is 37.3 Å². The first-order valence-corrected chi connectivity index (χ1v) is 11.3. The third kappa shape index (κ3) is 3.50. The minimum atomic E-state index is -3.15. The molecule has 2 saturated heterocycles. The molecule has 3 rings (SSSR count). The molecule has 0 bridgehead atoms. The Labute approximate surface area is 164 Å². The van der Waals surface area contributed by atoms with E-state index >= 15 is 0 Å². The monoisotopic (exact) mass is 407 g/mol. The van der Waals surface area contributed by atoms with E-state index in [1.54, 1.807) is 38.1 Å². The van der Waals surface area contributed by atoms with Gasteiger partial charge in [-0.2, -0.15) is 0 Å². The van der Waals surface area contributed by atoms with Gasteiger partial charge in [0.1, 0.15) is 12.1 Å². The second kappa shape index (κ2) is 7.54. The number of nitrogens with zero attached hydrogens (tertiary/aromatic N) is 2. The number of nitrogens with one attached hydrogen (secondary N) is 1. The smallest absolute Gasteiger partial charge is 0.325 e. The van der Waals surface area contributed by atoms with E-state index in [1.807, 2.05) is 6.07 Å². The summed E-state index contributed by atoms with van der Waals surface area (Å²) in [4.78, 5) is 40.9. The number of benzene rings is 1. The van der Waals surface area contributed by atoms with Crippen molar-refractivity contribution in [2.75, 3.05) is 24.6 Å². The molecule has 1 N–H and O–H groups in total. The molecule has 1 aromatic carbocycles. The molecule has 4 amide bonds. The van der Waals surface area contributed by atoms with Gasteiger partial charge < -0.3 is 10.2 Å². The second-order valence-electron chi connectivity index (χ2n) is 7.18. The minimum absolute atomic E-state index is 0.0531. The van der Waals surface area contributed by atoms with E-state index in [-0.39, 0.29) is 11.5 Å². The fourth-order valence-electron chi connectivity index (χ4n) is 4.02. The highest BCUT2D eigenvalue weighted by Crippen LogP contribution is 2.32. The number of amides is 4. The minimum Gasteiger partial charge on any atom is -0.337 e. The van der Waals surface area contributed by atoms with Crippen molar-refractivity contribution < 1.29 is 22.8 Å². The predicted molar refractivity (Wildman–Crippen MR) is 103 cm³/mol. The summed E-state index contributed by atoms with van der Waals surface area (Å²) in [5, 5.41) is 2.75. The summed E-state index contributed by atoms with van der Waals surface area (Å²) in [5.41, 5.74) is -0.521. The molecule has 9 heteroatoms.